The van der Waals surface area contributed by atoms with Crippen LogP contribution in [0.1, 0.15) is 39.7 Å². The summed E-state index contributed by atoms with van der Waals surface area (Å²) >= 11 is 6.25. The number of carbonyl (C=O) groups excluding carboxylic acids is 1. The highest BCUT2D eigenvalue weighted by Crippen LogP contribution is 2.30. The molecule has 29 heavy (non-hydrogen) atoms. The first-order valence-corrected chi connectivity index (χ1v) is 10.4. The summed E-state index contributed by atoms with van der Waals surface area (Å²) in [4.78, 5) is 29.7. The molecule has 158 valence electrons. The van der Waals surface area contributed by atoms with Crippen molar-refractivity contribution in [2.45, 2.75) is 45.3 Å². The van der Waals surface area contributed by atoms with Crippen LogP contribution in [0.5, 0.6) is 0 Å². The highest BCUT2D eigenvalue weighted by Gasteiger charge is 2.29. The zero-order valence-electron chi connectivity index (χ0n) is 17.1. The van der Waals surface area contributed by atoms with Gasteiger partial charge >= 0.3 is 6.09 Å². The molecular weight excluding hydrogens is 396 g/mol. The Labute approximate surface area is 175 Å². The second-order valence-electron chi connectivity index (χ2n) is 8.44. The van der Waals surface area contributed by atoms with Gasteiger partial charge in [-0.25, -0.2) is 9.78 Å². The van der Waals surface area contributed by atoms with Crippen LogP contribution in [0.25, 0.3) is 11.2 Å². The molecule has 0 unspecified atom stereocenters. The summed E-state index contributed by atoms with van der Waals surface area (Å²) in [6, 6.07) is 0.196. The van der Waals surface area contributed by atoms with E-state index in [4.69, 9.17) is 21.1 Å². The minimum absolute atomic E-state index is 0.196. The number of imidazole rings is 1. The van der Waals surface area contributed by atoms with Crippen molar-refractivity contribution in [1.29, 1.82) is 0 Å². The molecule has 1 amide bonds. The van der Waals surface area contributed by atoms with Crippen molar-refractivity contribution in [2.75, 3.05) is 44.3 Å². The lowest BCUT2D eigenvalue weighted by Crippen LogP contribution is -2.42. The van der Waals surface area contributed by atoms with E-state index in [-0.39, 0.29) is 17.4 Å². The molecule has 0 spiro atoms. The van der Waals surface area contributed by atoms with Gasteiger partial charge in [-0.05, 0) is 45.2 Å². The first kappa shape index (κ1) is 20.2. The van der Waals surface area contributed by atoms with Crippen LogP contribution >= 0.6 is 11.6 Å². The van der Waals surface area contributed by atoms with Crippen LogP contribution in [0, 0.1) is 0 Å². The summed E-state index contributed by atoms with van der Waals surface area (Å²) in [6.07, 6.45) is 3.16. The summed E-state index contributed by atoms with van der Waals surface area (Å²) in [5.41, 5.74) is 1.01. The maximum atomic E-state index is 12.3. The third kappa shape index (κ3) is 4.40. The molecule has 2 fully saturated rings. The predicted octanol–water partition coefficient (Wildman–Crippen LogP) is 2.89. The third-order valence-electron chi connectivity index (χ3n) is 5.20. The molecule has 0 N–H and O–H groups in total. The van der Waals surface area contributed by atoms with Gasteiger partial charge in [0.15, 0.2) is 17.0 Å². The standard InChI is InChI=1S/C19H27ClN6O3/c1-19(2,3)29-18(27)25-6-4-13(5-7-25)26-12-21-14-15(22-17(20)23-16(14)26)24-8-10-28-11-9-24/h12-13H,4-11H2,1-3H3. The van der Waals surface area contributed by atoms with E-state index in [1.54, 1.807) is 4.90 Å². The van der Waals surface area contributed by atoms with Gasteiger partial charge in [0.1, 0.15) is 5.60 Å². The van der Waals surface area contributed by atoms with E-state index in [1.807, 2.05) is 27.1 Å². The van der Waals surface area contributed by atoms with Gasteiger partial charge in [-0.15, -0.1) is 0 Å². The molecule has 4 rings (SSSR count). The zero-order chi connectivity index (χ0) is 20.6. The number of hydrogen-bond acceptors (Lipinski definition) is 7. The Morgan fingerprint density at radius 1 is 1.17 bits per heavy atom. The number of aromatic nitrogens is 4. The molecule has 0 bridgehead atoms. The van der Waals surface area contributed by atoms with Crippen molar-refractivity contribution in [3.05, 3.63) is 11.6 Å². The number of morpholine rings is 1. The van der Waals surface area contributed by atoms with Crippen molar-refractivity contribution in [3.8, 4) is 0 Å². The second kappa shape index (κ2) is 7.95. The molecule has 9 nitrogen and oxygen atoms in total. The van der Waals surface area contributed by atoms with Crippen LogP contribution in [-0.2, 0) is 9.47 Å². The van der Waals surface area contributed by atoms with Gasteiger partial charge in [-0.3, -0.25) is 0 Å². The van der Waals surface area contributed by atoms with E-state index in [0.717, 1.165) is 42.9 Å². The monoisotopic (exact) mass is 422 g/mol. The van der Waals surface area contributed by atoms with Crippen LogP contribution in [0.3, 0.4) is 0 Å². The minimum Gasteiger partial charge on any atom is -0.444 e. The van der Waals surface area contributed by atoms with Gasteiger partial charge in [0, 0.05) is 32.2 Å². The van der Waals surface area contributed by atoms with E-state index in [2.05, 4.69) is 24.4 Å². The van der Waals surface area contributed by atoms with Gasteiger partial charge < -0.3 is 23.8 Å². The molecule has 0 aliphatic carbocycles. The quantitative estimate of drug-likeness (QED) is 0.688. The number of ether oxygens (including phenoxy) is 2. The Balaban J connectivity index is 1.52. The van der Waals surface area contributed by atoms with Crippen LogP contribution < -0.4 is 4.90 Å². The average molecular weight is 423 g/mol. The normalized spacial score (nSPS) is 19.0. The molecule has 4 heterocycles. The summed E-state index contributed by atoms with van der Waals surface area (Å²) in [6.45, 7) is 9.73. The first-order valence-electron chi connectivity index (χ1n) is 10.0. The van der Waals surface area contributed by atoms with Gasteiger partial charge in [0.05, 0.1) is 19.5 Å². The van der Waals surface area contributed by atoms with E-state index >= 15 is 0 Å². The van der Waals surface area contributed by atoms with Crippen molar-refractivity contribution in [2.24, 2.45) is 0 Å². The summed E-state index contributed by atoms with van der Waals surface area (Å²) in [7, 11) is 0. The Morgan fingerprint density at radius 2 is 1.86 bits per heavy atom. The van der Waals surface area contributed by atoms with Crippen molar-refractivity contribution in [1.82, 2.24) is 24.4 Å². The molecule has 0 saturated carbocycles. The van der Waals surface area contributed by atoms with Gasteiger partial charge in [-0.1, -0.05) is 0 Å². The zero-order valence-corrected chi connectivity index (χ0v) is 17.9. The highest BCUT2D eigenvalue weighted by molar-refractivity contribution is 6.28. The number of likely N-dealkylation sites (tertiary alicyclic amines) is 1. The van der Waals surface area contributed by atoms with E-state index < -0.39 is 5.60 Å². The van der Waals surface area contributed by atoms with Crippen molar-refractivity contribution >= 4 is 34.7 Å². The molecule has 2 aliphatic heterocycles. The van der Waals surface area contributed by atoms with Gasteiger partial charge in [0.2, 0.25) is 5.28 Å². The summed E-state index contributed by atoms with van der Waals surface area (Å²) in [5, 5.41) is 0.215. The Kier molecular flexibility index (Phi) is 5.52. The number of halogens is 1. The second-order valence-corrected chi connectivity index (χ2v) is 8.78. The van der Waals surface area contributed by atoms with Crippen molar-refractivity contribution < 1.29 is 14.3 Å². The predicted molar refractivity (Wildman–Crippen MR) is 109 cm³/mol. The molecule has 2 aliphatic rings. The lowest BCUT2D eigenvalue weighted by atomic mass is 10.1. The van der Waals surface area contributed by atoms with Gasteiger partial charge in [0.25, 0.3) is 0 Å². The molecule has 0 aromatic carbocycles. The fourth-order valence-corrected chi connectivity index (χ4v) is 3.95. The Bertz CT molecular complexity index is 882. The average Bonchev–Trinajstić information content (AvgIpc) is 3.10. The van der Waals surface area contributed by atoms with E-state index in [0.29, 0.717) is 26.3 Å². The topological polar surface area (TPSA) is 85.6 Å². The number of anilines is 1. The minimum atomic E-state index is -0.488. The van der Waals surface area contributed by atoms with Crippen LogP contribution in [0.2, 0.25) is 5.28 Å². The largest absolute Gasteiger partial charge is 0.444 e. The van der Waals surface area contributed by atoms with Crippen LogP contribution in [-0.4, -0.2) is 75.5 Å². The number of hydrogen-bond donors (Lipinski definition) is 0. The lowest BCUT2D eigenvalue weighted by molar-refractivity contribution is 0.0189. The van der Waals surface area contributed by atoms with Gasteiger partial charge in [-0.2, -0.15) is 9.97 Å². The lowest BCUT2D eigenvalue weighted by Gasteiger charge is -2.34. The highest BCUT2D eigenvalue weighted by atomic mass is 35.5. The Morgan fingerprint density at radius 3 is 2.52 bits per heavy atom. The summed E-state index contributed by atoms with van der Waals surface area (Å²) in [5.74, 6) is 0.758. The molecule has 2 aromatic rings. The SMILES string of the molecule is CC(C)(C)OC(=O)N1CCC(n2cnc3c(N4CCOCC4)nc(Cl)nc32)CC1. The van der Waals surface area contributed by atoms with E-state index in [1.165, 1.54) is 0 Å². The first-order chi connectivity index (χ1) is 13.8. The Hall–Kier alpha value is -2.13. The number of fused-ring (bicyclic) bond motifs is 1. The summed E-state index contributed by atoms with van der Waals surface area (Å²) < 4.78 is 13.0. The number of carbonyl (C=O) groups is 1. The number of nitrogens with zero attached hydrogens (tertiary/aromatic N) is 6. The number of amides is 1. The molecular formula is C19H27ClN6O3. The number of piperidine rings is 1. The number of rotatable bonds is 2. The third-order valence-corrected chi connectivity index (χ3v) is 5.36. The molecule has 10 heteroatoms. The van der Waals surface area contributed by atoms with Crippen LogP contribution in [0.15, 0.2) is 6.33 Å². The molecule has 2 saturated heterocycles. The maximum Gasteiger partial charge on any atom is 0.410 e. The fraction of sp³-hybridized carbons (Fsp3) is 0.684. The molecule has 0 atom stereocenters. The molecule has 0 radical (unpaired) electrons. The smallest absolute Gasteiger partial charge is 0.410 e. The fourth-order valence-electron chi connectivity index (χ4n) is 3.79. The maximum absolute atomic E-state index is 12.3. The van der Waals surface area contributed by atoms with Crippen molar-refractivity contribution in [3.63, 3.8) is 0 Å². The molecule has 2 aromatic heterocycles. The van der Waals surface area contributed by atoms with E-state index in [9.17, 15) is 4.79 Å². The van der Waals surface area contributed by atoms with Crippen LogP contribution in [0.4, 0.5) is 10.6 Å².